The van der Waals surface area contributed by atoms with Crippen molar-refractivity contribution in [1.29, 1.82) is 0 Å². The zero-order valence-corrected chi connectivity index (χ0v) is 34.6. The highest BCUT2D eigenvalue weighted by molar-refractivity contribution is 5.97. The van der Waals surface area contributed by atoms with Crippen LogP contribution in [0, 0.1) is 43.9 Å². The van der Waals surface area contributed by atoms with Crippen molar-refractivity contribution in [3.8, 4) is 35.2 Å². The Bertz CT molecular complexity index is 1830. The van der Waals surface area contributed by atoms with Gasteiger partial charge in [0.15, 0.2) is 12.1 Å². The minimum atomic E-state index is -1.76. The summed E-state index contributed by atoms with van der Waals surface area (Å²) in [7, 11) is 2.22. The lowest BCUT2D eigenvalue weighted by molar-refractivity contribution is -0.562. The van der Waals surface area contributed by atoms with Crippen LogP contribution in [-0.2, 0) is 19.1 Å². The van der Waals surface area contributed by atoms with Crippen LogP contribution >= 0.6 is 12.4 Å². The molecular formula is C42H67ClN4O15. The van der Waals surface area contributed by atoms with Gasteiger partial charge in [-0.2, -0.15) is 0 Å². The van der Waals surface area contributed by atoms with Gasteiger partial charge in [-0.3, -0.25) is 29.8 Å². The summed E-state index contributed by atoms with van der Waals surface area (Å²) in [4.78, 5) is 66.1. The summed E-state index contributed by atoms with van der Waals surface area (Å²) < 4.78 is 19.5. The molecule has 2 rings (SSSR count). The number of carboxylic acid groups (broad SMARTS) is 1. The number of carbonyl (C=O) groups is 4. The van der Waals surface area contributed by atoms with E-state index in [1.165, 1.54) is 64.1 Å². The smallest absolute Gasteiger partial charge is 0.335 e. The number of methoxy groups -OCH3 is 2. The molecule has 2 aromatic rings. The van der Waals surface area contributed by atoms with E-state index >= 15 is 0 Å². The molecule has 2 unspecified atom stereocenters. The van der Waals surface area contributed by atoms with Crippen LogP contribution < -0.4 is 20.5 Å². The molecule has 352 valence electrons. The Hall–Kier alpha value is -5.99. The summed E-state index contributed by atoms with van der Waals surface area (Å²) in [5.41, 5.74) is 0.287. The Labute approximate surface area is 371 Å². The minimum Gasteiger partial charge on any atom is -0.481 e. The second-order valence-corrected chi connectivity index (χ2v) is 13.9. The molecule has 0 radical (unpaired) electrons. The third-order valence-corrected chi connectivity index (χ3v) is 7.20. The van der Waals surface area contributed by atoms with Gasteiger partial charge < -0.3 is 45.3 Å². The van der Waals surface area contributed by atoms with Gasteiger partial charge in [0.25, 0.3) is 5.91 Å². The Morgan fingerprint density at radius 1 is 0.677 bits per heavy atom. The molecular weight excluding hydrogens is 836 g/mol. The molecule has 0 saturated carbocycles. The molecule has 0 aliphatic carbocycles. The highest BCUT2D eigenvalue weighted by Crippen LogP contribution is 2.18. The first-order valence-electron chi connectivity index (χ1n) is 16.8. The van der Waals surface area contributed by atoms with Crippen LogP contribution in [0.15, 0.2) is 48.5 Å². The highest BCUT2D eigenvalue weighted by atomic mass is 35.5. The summed E-state index contributed by atoms with van der Waals surface area (Å²) in [5, 5.41) is 51.5. The van der Waals surface area contributed by atoms with Crippen LogP contribution in [0.2, 0.25) is 0 Å². The second kappa shape index (κ2) is 30.1. The fraction of sp³-hybridized carbons (Fsp3) is 0.524. The molecule has 6 N–H and O–H groups in total. The van der Waals surface area contributed by atoms with E-state index in [0.29, 0.717) is 11.5 Å². The van der Waals surface area contributed by atoms with E-state index in [0.717, 1.165) is 14.2 Å². The van der Waals surface area contributed by atoms with E-state index in [9.17, 15) is 49.6 Å². The Balaban J connectivity index is -0.000000199. The largest absolute Gasteiger partial charge is 0.481 e. The number of ether oxygens (including phenoxy) is 4. The van der Waals surface area contributed by atoms with Gasteiger partial charge in [-0.1, -0.05) is 53.4 Å². The van der Waals surface area contributed by atoms with Gasteiger partial charge >= 0.3 is 17.9 Å². The summed E-state index contributed by atoms with van der Waals surface area (Å²) in [6.07, 6.45) is 0. The van der Waals surface area contributed by atoms with Crippen LogP contribution in [0.3, 0.4) is 0 Å². The maximum atomic E-state index is 12.4. The van der Waals surface area contributed by atoms with E-state index < -0.39 is 68.0 Å². The van der Waals surface area contributed by atoms with Crippen molar-refractivity contribution >= 4 is 36.2 Å². The van der Waals surface area contributed by atoms with Gasteiger partial charge in [-0.05, 0) is 76.2 Å². The number of carbonyl (C=O) groups excluding carboxylic acids is 3. The van der Waals surface area contributed by atoms with Crippen LogP contribution in [0.4, 0.5) is 0 Å². The lowest BCUT2D eigenvalue weighted by atomic mass is 9.95. The molecule has 0 spiro atoms. The molecule has 2 atom stereocenters. The molecule has 62 heavy (non-hydrogen) atoms. The van der Waals surface area contributed by atoms with Gasteiger partial charge in [-0.25, -0.2) is 9.59 Å². The number of rotatable bonds is 13. The third kappa shape index (κ3) is 24.9. The van der Waals surface area contributed by atoms with Crippen molar-refractivity contribution in [2.24, 2.45) is 5.73 Å². The van der Waals surface area contributed by atoms with E-state index in [2.05, 4.69) is 38.5 Å². The number of hydrogen-bond donors (Lipinski definition) is 5. The average molecular weight is 903 g/mol. The lowest BCUT2D eigenvalue weighted by Crippen LogP contribution is -2.58. The number of nitrogens with one attached hydrogen (secondary N) is 1. The number of nitrogens with two attached hydrogens (primary N) is 1. The van der Waals surface area contributed by atoms with Gasteiger partial charge in [0.05, 0.1) is 19.8 Å². The Morgan fingerprint density at radius 2 is 1.02 bits per heavy atom. The van der Waals surface area contributed by atoms with E-state index in [1.54, 1.807) is 39.8 Å². The number of hydrogen-bond acceptors (Lipinski definition) is 15. The first kappa shape index (κ1) is 67.8. The van der Waals surface area contributed by atoms with Crippen LogP contribution in [0.1, 0.15) is 106 Å². The van der Waals surface area contributed by atoms with Crippen molar-refractivity contribution in [1.82, 2.24) is 5.32 Å². The quantitative estimate of drug-likeness (QED) is 0.0746. The van der Waals surface area contributed by atoms with Crippen molar-refractivity contribution in [3.63, 3.8) is 0 Å². The topological polar surface area (TPSA) is 290 Å². The molecule has 19 nitrogen and oxygen atoms in total. The third-order valence-electron chi connectivity index (χ3n) is 7.20. The maximum absolute atomic E-state index is 12.4. The minimum absolute atomic E-state index is 0. The first-order chi connectivity index (χ1) is 26.1. The maximum Gasteiger partial charge on any atom is 0.335 e. The summed E-state index contributed by atoms with van der Waals surface area (Å²) >= 11 is 0. The Kier molecular flexibility index (Phi) is 32.9. The zero-order chi connectivity index (χ0) is 44.4. The summed E-state index contributed by atoms with van der Waals surface area (Å²) in [6.45, 7) is 11.5. The molecule has 0 aromatic heterocycles. The second-order valence-electron chi connectivity index (χ2n) is 13.9. The molecule has 0 bridgehead atoms. The van der Waals surface area contributed by atoms with Gasteiger partial charge in [0, 0.05) is 43.1 Å². The molecule has 0 aliphatic rings. The monoisotopic (exact) mass is 902 g/mol. The number of aromatic carboxylic acids is 1. The highest BCUT2D eigenvalue weighted by Gasteiger charge is 2.47. The number of halogens is 1. The van der Waals surface area contributed by atoms with Crippen molar-refractivity contribution in [2.45, 2.75) is 119 Å². The predicted octanol–water partition coefficient (Wildman–Crippen LogP) is 5.21. The fourth-order valence-electron chi connectivity index (χ4n) is 3.63. The first-order valence-corrected chi connectivity index (χ1v) is 16.8. The van der Waals surface area contributed by atoms with Crippen LogP contribution in [-0.4, -0.2) is 111 Å². The van der Waals surface area contributed by atoms with Gasteiger partial charge in [-0.15, -0.1) is 12.4 Å². The van der Waals surface area contributed by atoms with E-state index in [4.69, 9.17) is 20.3 Å². The van der Waals surface area contributed by atoms with Crippen LogP contribution in [0.25, 0.3) is 0 Å². The molecule has 0 heterocycles. The average Bonchev–Trinajstić information content (AvgIpc) is 3.13. The Morgan fingerprint density at radius 3 is 1.31 bits per heavy atom. The van der Waals surface area contributed by atoms with Crippen molar-refractivity contribution in [3.05, 3.63) is 79.9 Å². The molecule has 0 saturated heterocycles. The predicted molar refractivity (Wildman–Crippen MR) is 239 cm³/mol. The number of nitro groups is 2. The van der Waals surface area contributed by atoms with E-state index in [-0.39, 0.29) is 66.5 Å². The normalized spacial score (nSPS) is 11.0. The molecule has 1 amide bonds. The standard InChI is InChI=1S/C19H24N2O7.C13H14O4.C6H12N2O4.4CH4.ClH/c1-18(2,24)11-6-12-28-14-9-7-13(8-10-14)16(22)20-15(17(23)27-5)19(3,4)21(25)26;1-13(2,16)8-3-9-17-11-6-4-10(5-7-11)12(14)15;1-6(2,8(10)11)4(7)5(9)12-3;;;;;/h7-10,15,24H,12H2,1-5H3,(H,20,22);4-7,16H,9H2,1-2H3,(H,14,15);4H,7H2,1-3H3;4*1H4;1H. The molecule has 0 fully saturated rings. The zero-order valence-electron chi connectivity index (χ0n) is 33.8. The number of carboxylic acids is 1. The molecule has 2 aromatic carbocycles. The summed E-state index contributed by atoms with van der Waals surface area (Å²) in [6, 6.07) is 9.28. The van der Waals surface area contributed by atoms with E-state index in [1.807, 2.05) is 0 Å². The lowest BCUT2D eigenvalue weighted by Gasteiger charge is -2.25. The summed E-state index contributed by atoms with van der Waals surface area (Å²) in [5.74, 6) is 8.19. The van der Waals surface area contributed by atoms with Crippen LogP contribution in [0.5, 0.6) is 11.5 Å². The van der Waals surface area contributed by atoms with Crippen molar-refractivity contribution < 1.29 is 63.3 Å². The number of aliphatic hydroxyl groups is 2. The SMILES string of the molecule is C.C.C.C.CC(C)(O)C#CCOc1ccc(C(=O)O)cc1.COC(=O)C(N)C(C)(C)[N+](=O)[O-].COC(=O)C(NC(=O)c1ccc(OCC#CC(C)(C)O)cc1)C(C)(C)[N+](=O)[O-].Cl. The van der Waals surface area contributed by atoms with Gasteiger partial charge in [0.2, 0.25) is 11.1 Å². The number of benzene rings is 2. The number of nitrogens with zero attached hydrogens (tertiary/aromatic N) is 2. The number of esters is 2. The number of amides is 1. The molecule has 20 heteroatoms. The fourth-order valence-corrected chi connectivity index (χ4v) is 3.63. The molecule has 0 aliphatic heterocycles. The van der Waals surface area contributed by atoms with Gasteiger partial charge in [0.1, 0.15) is 35.9 Å². The van der Waals surface area contributed by atoms with Crippen molar-refractivity contribution in [2.75, 3.05) is 27.4 Å².